The van der Waals surface area contributed by atoms with Crippen molar-refractivity contribution in [3.8, 4) is 5.75 Å². The van der Waals surface area contributed by atoms with Crippen molar-refractivity contribution in [2.75, 3.05) is 12.4 Å². The molecule has 3 rings (SSSR count). The van der Waals surface area contributed by atoms with E-state index in [1.165, 1.54) is 0 Å². The molecule has 0 saturated heterocycles. The first-order chi connectivity index (χ1) is 13.9. The molecule has 150 valence electrons. The van der Waals surface area contributed by atoms with Gasteiger partial charge >= 0.3 is 5.97 Å². The van der Waals surface area contributed by atoms with E-state index in [1.807, 2.05) is 61.5 Å². The lowest BCUT2D eigenvalue weighted by Crippen LogP contribution is -2.31. The van der Waals surface area contributed by atoms with Crippen LogP contribution in [0.5, 0.6) is 5.75 Å². The Morgan fingerprint density at radius 2 is 1.66 bits per heavy atom. The molecular weight excluding hydrogens is 366 g/mol. The summed E-state index contributed by atoms with van der Waals surface area (Å²) in [5.74, 6) is -0.506. The fourth-order valence-electron chi connectivity index (χ4n) is 3.07. The number of ether oxygens (including phenoxy) is 2. The van der Waals surface area contributed by atoms with Crippen LogP contribution < -0.4 is 10.1 Å². The predicted molar refractivity (Wildman–Crippen MR) is 114 cm³/mol. The molecule has 0 aliphatic carbocycles. The van der Waals surface area contributed by atoms with Crippen molar-refractivity contribution in [1.82, 2.24) is 0 Å². The molecule has 0 bridgehead atoms. The third kappa shape index (κ3) is 4.93. The zero-order chi connectivity index (χ0) is 21.0. The number of amides is 1. The van der Waals surface area contributed by atoms with Crippen LogP contribution in [0.2, 0.25) is 0 Å². The quantitative estimate of drug-likeness (QED) is 0.611. The average Bonchev–Trinajstić information content (AvgIpc) is 2.72. The Bertz CT molecular complexity index is 1040. The first-order valence-electron chi connectivity index (χ1n) is 9.53. The molecule has 0 aliphatic rings. The van der Waals surface area contributed by atoms with Crippen molar-refractivity contribution < 1.29 is 19.1 Å². The van der Waals surface area contributed by atoms with E-state index in [0.29, 0.717) is 5.69 Å². The normalized spacial score (nSPS) is 12.8. The summed E-state index contributed by atoms with van der Waals surface area (Å²) < 4.78 is 10.6. The summed E-state index contributed by atoms with van der Waals surface area (Å²) in [6.45, 7) is 5.29. The summed E-state index contributed by atoms with van der Waals surface area (Å²) in [6, 6.07) is 19.0. The molecule has 29 heavy (non-hydrogen) atoms. The zero-order valence-corrected chi connectivity index (χ0v) is 17.1. The van der Waals surface area contributed by atoms with Gasteiger partial charge in [0.2, 0.25) is 0 Å². The smallest absolute Gasteiger partial charge is 0.313 e. The van der Waals surface area contributed by atoms with Gasteiger partial charge < -0.3 is 14.8 Å². The summed E-state index contributed by atoms with van der Waals surface area (Å²) in [5, 5.41) is 4.81. The Labute approximate surface area is 170 Å². The third-order valence-corrected chi connectivity index (χ3v) is 4.87. The second-order valence-electron chi connectivity index (χ2n) is 7.13. The molecule has 1 amide bonds. The van der Waals surface area contributed by atoms with Gasteiger partial charge in [-0.05, 0) is 66.9 Å². The Balaban J connectivity index is 1.66. The van der Waals surface area contributed by atoms with Crippen molar-refractivity contribution in [2.24, 2.45) is 0 Å². The number of hydrogen-bond donors (Lipinski definition) is 1. The molecule has 3 aromatic carbocycles. The van der Waals surface area contributed by atoms with Crippen LogP contribution in [0.15, 0.2) is 60.7 Å². The second kappa shape index (κ2) is 8.78. The highest BCUT2D eigenvalue weighted by atomic mass is 16.5. The summed E-state index contributed by atoms with van der Waals surface area (Å²) in [7, 11) is 1.63. The summed E-state index contributed by atoms with van der Waals surface area (Å²) >= 11 is 0. The maximum atomic E-state index is 12.6. The van der Waals surface area contributed by atoms with Crippen molar-refractivity contribution >= 4 is 28.3 Å². The Morgan fingerprint density at radius 1 is 0.931 bits per heavy atom. The SMILES string of the molecule is COc1ccc2cc([C@H](C)C(=O)O[C@@H](C)C(=O)Nc3cccc(C)c3)ccc2c1. The number of carbonyl (C=O) groups is 2. The zero-order valence-electron chi connectivity index (χ0n) is 17.1. The number of aryl methyl sites for hydroxylation is 1. The first kappa shape index (κ1) is 20.4. The van der Waals surface area contributed by atoms with Gasteiger partial charge in [0, 0.05) is 5.69 Å². The number of rotatable bonds is 6. The average molecular weight is 391 g/mol. The van der Waals surface area contributed by atoms with E-state index in [1.54, 1.807) is 27.0 Å². The first-order valence-corrected chi connectivity index (χ1v) is 9.53. The number of nitrogens with one attached hydrogen (secondary N) is 1. The maximum absolute atomic E-state index is 12.6. The number of anilines is 1. The van der Waals surface area contributed by atoms with Crippen molar-refractivity contribution in [1.29, 1.82) is 0 Å². The van der Waals surface area contributed by atoms with Crippen LogP contribution in [0.3, 0.4) is 0 Å². The van der Waals surface area contributed by atoms with Crippen LogP contribution in [0.25, 0.3) is 10.8 Å². The van der Waals surface area contributed by atoms with Gasteiger partial charge in [-0.15, -0.1) is 0 Å². The number of hydrogen-bond acceptors (Lipinski definition) is 4. The molecule has 3 aromatic rings. The van der Waals surface area contributed by atoms with E-state index in [0.717, 1.165) is 27.6 Å². The molecule has 0 aliphatic heterocycles. The minimum atomic E-state index is -0.893. The van der Waals surface area contributed by atoms with Gasteiger partial charge in [-0.2, -0.15) is 0 Å². The Morgan fingerprint density at radius 3 is 2.38 bits per heavy atom. The van der Waals surface area contributed by atoms with Crippen molar-refractivity contribution in [2.45, 2.75) is 32.8 Å². The molecule has 0 fully saturated rings. The number of carbonyl (C=O) groups excluding carboxylic acids is 2. The molecule has 0 radical (unpaired) electrons. The number of esters is 1. The Hall–Kier alpha value is -3.34. The highest BCUT2D eigenvalue weighted by Crippen LogP contribution is 2.26. The Kier molecular flexibility index (Phi) is 6.17. The van der Waals surface area contributed by atoms with E-state index >= 15 is 0 Å². The lowest BCUT2D eigenvalue weighted by molar-refractivity contribution is -0.154. The highest BCUT2D eigenvalue weighted by molar-refractivity contribution is 5.95. The molecule has 2 atom stereocenters. The molecule has 5 heteroatoms. The van der Waals surface area contributed by atoms with E-state index in [-0.39, 0.29) is 5.91 Å². The molecule has 0 heterocycles. The summed E-state index contributed by atoms with van der Waals surface area (Å²) in [6.07, 6.45) is -0.893. The maximum Gasteiger partial charge on any atom is 0.313 e. The van der Waals surface area contributed by atoms with Crippen LogP contribution in [0.1, 0.15) is 30.9 Å². The molecule has 0 saturated carbocycles. The predicted octanol–water partition coefficient (Wildman–Crippen LogP) is 4.83. The molecule has 0 unspecified atom stereocenters. The lowest BCUT2D eigenvalue weighted by Gasteiger charge is -2.17. The van der Waals surface area contributed by atoms with Crippen LogP contribution in [-0.4, -0.2) is 25.1 Å². The second-order valence-corrected chi connectivity index (χ2v) is 7.13. The van der Waals surface area contributed by atoms with Crippen molar-refractivity contribution in [3.05, 3.63) is 71.8 Å². The van der Waals surface area contributed by atoms with Gasteiger partial charge in [-0.25, -0.2) is 0 Å². The van der Waals surface area contributed by atoms with Gasteiger partial charge in [-0.1, -0.05) is 36.4 Å². The highest BCUT2D eigenvalue weighted by Gasteiger charge is 2.23. The van der Waals surface area contributed by atoms with Gasteiger partial charge in [0.25, 0.3) is 5.91 Å². The van der Waals surface area contributed by atoms with Crippen LogP contribution in [0.4, 0.5) is 5.69 Å². The van der Waals surface area contributed by atoms with Crippen LogP contribution >= 0.6 is 0 Å². The lowest BCUT2D eigenvalue weighted by atomic mass is 9.98. The summed E-state index contributed by atoms with van der Waals surface area (Å²) in [4.78, 5) is 24.9. The van der Waals surface area contributed by atoms with Crippen LogP contribution in [-0.2, 0) is 14.3 Å². The van der Waals surface area contributed by atoms with Gasteiger partial charge in [0.15, 0.2) is 6.10 Å². The molecule has 1 N–H and O–H groups in total. The minimum absolute atomic E-state index is 0.359. The number of methoxy groups -OCH3 is 1. The third-order valence-electron chi connectivity index (χ3n) is 4.87. The monoisotopic (exact) mass is 391 g/mol. The van der Waals surface area contributed by atoms with E-state index in [2.05, 4.69) is 5.32 Å². The topological polar surface area (TPSA) is 64.6 Å². The molecular formula is C24H25NO4. The van der Waals surface area contributed by atoms with Crippen molar-refractivity contribution in [3.63, 3.8) is 0 Å². The van der Waals surface area contributed by atoms with E-state index in [9.17, 15) is 9.59 Å². The van der Waals surface area contributed by atoms with E-state index < -0.39 is 18.0 Å². The number of fused-ring (bicyclic) bond motifs is 1. The molecule has 0 spiro atoms. The van der Waals surface area contributed by atoms with E-state index in [4.69, 9.17) is 9.47 Å². The van der Waals surface area contributed by atoms with Crippen LogP contribution in [0, 0.1) is 6.92 Å². The van der Waals surface area contributed by atoms with Gasteiger partial charge in [-0.3, -0.25) is 9.59 Å². The number of benzene rings is 3. The minimum Gasteiger partial charge on any atom is -0.497 e. The standard InChI is InChI=1S/C24H25NO4/c1-15-6-5-7-21(12-15)25-23(26)17(3)29-24(27)16(2)18-8-9-20-14-22(28-4)11-10-19(20)13-18/h5-14,16-17H,1-4H3,(H,25,26)/t16-,17-/m0/s1. The largest absolute Gasteiger partial charge is 0.497 e. The fourth-order valence-corrected chi connectivity index (χ4v) is 3.07. The molecule has 0 aromatic heterocycles. The fraction of sp³-hybridized carbons (Fsp3) is 0.250. The van der Waals surface area contributed by atoms with Gasteiger partial charge in [0.1, 0.15) is 5.75 Å². The summed E-state index contributed by atoms with van der Waals surface area (Å²) in [5.41, 5.74) is 2.55. The van der Waals surface area contributed by atoms with Gasteiger partial charge in [0.05, 0.1) is 13.0 Å². The molecule has 5 nitrogen and oxygen atoms in total.